The van der Waals surface area contributed by atoms with E-state index in [1.54, 1.807) is 36.4 Å². The van der Waals surface area contributed by atoms with Crippen LogP contribution in [0.1, 0.15) is 33.4 Å². The zero-order valence-electron chi connectivity index (χ0n) is 16.3. The maximum Gasteiger partial charge on any atom is 0.200 e. The first kappa shape index (κ1) is 20.5. The Balaban J connectivity index is 1.92. The third-order valence-electron chi connectivity index (χ3n) is 4.89. The second kappa shape index (κ2) is 8.51. The van der Waals surface area contributed by atoms with Crippen molar-refractivity contribution >= 4 is 28.1 Å². The number of allylic oxidation sites excluding steroid dienone is 1. The van der Waals surface area contributed by atoms with Crippen LogP contribution in [0.2, 0.25) is 0 Å². The second-order valence-corrected chi connectivity index (χ2v) is 6.99. The van der Waals surface area contributed by atoms with Crippen molar-refractivity contribution < 1.29 is 24.5 Å². The molecule has 7 heteroatoms. The van der Waals surface area contributed by atoms with E-state index < -0.39 is 24.3 Å². The summed E-state index contributed by atoms with van der Waals surface area (Å²) in [7, 11) is 0. The molecule has 4 N–H and O–H groups in total. The Hall–Kier alpha value is -3.81. The van der Waals surface area contributed by atoms with E-state index in [-0.39, 0.29) is 28.3 Å². The molecule has 4 rings (SSSR count). The average Bonchev–Trinajstić information content (AvgIpc) is 3.22. The van der Waals surface area contributed by atoms with Gasteiger partial charge in [0.25, 0.3) is 0 Å². The lowest BCUT2D eigenvalue weighted by Crippen LogP contribution is -2.08. The highest BCUT2D eigenvalue weighted by atomic mass is 19.1. The average molecular weight is 418 g/mol. The van der Waals surface area contributed by atoms with Gasteiger partial charge >= 0.3 is 0 Å². The third-order valence-corrected chi connectivity index (χ3v) is 4.89. The van der Waals surface area contributed by atoms with Crippen molar-refractivity contribution in [1.82, 2.24) is 9.97 Å². The number of H-pyrrole nitrogens is 1. The number of halogens is 1. The Morgan fingerprint density at radius 2 is 1.74 bits per heavy atom. The van der Waals surface area contributed by atoms with E-state index in [1.807, 2.05) is 6.07 Å². The van der Waals surface area contributed by atoms with Crippen LogP contribution in [0.4, 0.5) is 4.39 Å². The second-order valence-electron chi connectivity index (χ2n) is 6.99. The van der Waals surface area contributed by atoms with Gasteiger partial charge < -0.3 is 20.3 Å². The van der Waals surface area contributed by atoms with Crippen molar-refractivity contribution in [3.05, 3.63) is 101 Å². The fraction of sp³-hybridized carbons (Fsp3) is 0.0833. The van der Waals surface area contributed by atoms with E-state index in [9.17, 15) is 24.5 Å². The molecule has 4 aromatic rings. The lowest BCUT2D eigenvalue weighted by atomic mass is 9.97. The normalized spacial score (nSPS) is 13.1. The summed E-state index contributed by atoms with van der Waals surface area (Å²) in [4.78, 5) is 20.8. The highest BCUT2D eigenvalue weighted by Crippen LogP contribution is 2.29. The molecular weight excluding hydrogens is 399 g/mol. The largest absolute Gasteiger partial charge is 0.506 e. The molecule has 0 aliphatic heterocycles. The molecular formula is C24H19FN2O4. The number of hydrogen-bond donors (Lipinski definition) is 4. The van der Waals surface area contributed by atoms with Crippen molar-refractivity contribution in [3.63, 3.8) is 0 Å². The zero-order chi connectivity index (χ0) is 22.0. The molecule has 0 spiro atoms. The summed E-state index contributed by atoms with van der Waals surface area (Å²) in [5.74, 6) is -1.46. The maximum absolute atomic E-state index is 13.8. The first-order valence-electron chi connectivity index (χ1n) is 9.56. The fourth-order valence-electron chi connectivity index (χ4n) is 3.32. The molecule has 0 saturated heterocycles. The molecule has 0 unspecified atom stereocenters. The first-order chi connectivity index (χ1) is 15.0. The number of hydrogen-bond acceptors (Lipinski definition) is 5. The van der Waals surface area contributed by atoms with Gasteiger partial charge in [0.1, 0.15) is 29.1 Å². The fourth-order valence-corrected chi connectivity index (χ4v) is 3.32. The number of aromatic nitrogens is 2. The van der Waals surface area contributed by atoms with Crippen LogP contribution in [0.5, 0.6) is 0 Å². The minimum atomic E-state index is -1.14. The van der Waals surface area contributed by atoms with Crippen LogP contribution in [-0.4, -0.2) is 37.7 Å². The molecule has 156 valence electrons. The number of aliphatic hydroxyl groups is 3. The summed E-state index contributed by atoms with van der Waals surface area (Å²) in [6, 6.07) is 18.5. The Labute approximate surface area is 177 Å². The number of nitrogens with zero attached hydrogens (tertiary/aromatic N) is 1. The van der Waals surface area contributed by atoms with Crippen molar-refractivity contribution in [2.75, 3.05) is 6.61 Å². The number of aliphatic hydroxyl groups excluding tert-OH is 3. The molecule has 0 aliphatic carbocycles. The van der Waals surface area contributed by atoms with Crippen LogP contribution in [0.15, 0.2) is 72.8 Å². The van der Waals surface area contributed by atoms with Crippen LogP contribution >= 0.6 is 0 Å². The van der Waals surface area contributed by atoms with Crippen LogP contribution in [0.3, 0.4) is 0 Å². The number of rotatable bonds is 6. The van der Waals surface area contributed by atoms with Gasteiger partial charge in [0.05, 0.1) is 17.6 Å². The van der Waals surface area contributed by atoms with Gasteiger partial charge in [-0.25, -0.2) is 9.37 Å². The maximum atomic E-state index is 13.8. The van der Waals surface area contributed by atoms with Gasteiger partial charge in [-0.05, 0) is 35.9 Å². The van der Waals surface area contributed by atoms with Gasteiger partial charge in [0, 0.05) is 11.1 Å². The van der Waals surface area contributed by atoms with Crippen LogP contribution in [0, 0.1) is 5.82 Å². The number of aromatic amines is 1. The molecule has 1 aromatic heterocycles. The molecule has 0 aliphatic rings. The number of Topliss-reactive ketones (excluding diaryl/α,β-unsaturated/α-hetero) is 1. The van der Waals surface area contributed by atoms with Crippen LogP contribution < -0.4 is 0 Å². The number of ketones is 1. The molecule has 1 heterocycles. The molecule has 0 amide bonds. The summed E-state index contributed by atoms with van der Waals surface area (Å²) in [5.41, 5.74) is 1.78. The first-order valence-corrected chi connectivity index (χ1v) is 9.56. The molecule has 6 nitrogen and oxygen atoms in total. The van der Waals surface area contributed by atoms with Crippen LogP contribution in [0.25, 0.3) is 22.4 Å². The van der Waals surface area contributed by atoms with E-state index in [4.69, 9.17) is 0 Å². The number of carbonyl (C=O) groups excluding carboxylic acids is 1. The van der Waals surface area contributed by atoms with Crippen molar-refractivity contribution in [2.45, 2.75) is 6.10 Å². The number of nitrogens with one attached hydrogen (secondary N) is 1. The lowest BCUT2D eigenvalue weighted by molar-refractivity contribution is 0.0956. The number of benzene rings is 3. The molecule has 0 saturated carbocycles. The minimum absolute atomic E-state index is 0.0496. The van der Waals surface area contributed by atoms with Gasteiger partial charge in [-0.15, -0.1) is 0 Å². The summed E-state index contributed by atoms with van der Waals surface area (Å²) < 4.78 is 13.8. The van der Waals surface area contributed by atoms with Gasteiger partial charge in [0.15, 0.2) is 0 Å². The summed E-state index contributed by atoms with van der Waals surface area (Å²) in [6.45, 7) is -0.493. The highest BCUT2D eigenvalue weighted by molar-refractivity contribution is 6.33. The quantitative estimate of drug-likeness (QED) is 0.215. The molecule has 0 fully saturated rings. The summed E-state index contributed by atoms with van der Waals surface area (Å²) in [5, 5.41) is 30.2. The van der Waals surface area contributed by atoms with Gasteiger partial charge in [-0.1, -0.05) is 42.5 Å². The SMILES string of the molecule is O=C(/C(=C(\O)c1cccc([C@@H](O)CO)c1)c1nc2ccccc2[nH]1)c1cccc(F)c1. The number of para-hydroxylation sites is 2. The number of imidazole rings is 1. The third kappa shape index (κ3) is 4.09. The van der Waals surface area contributed by atoms with Crippen molar-refractivity contribution in [3.8, 4) is 0 Å². The predicted octanol–water partition coefficient (Wildman–Crippen LogP) is 4.04. The molecule has 1 atom stereocenters. The highest BCUT2D eigenvalue weighted by Gasteiger charge is 2.24. The van der Waals surface area contributed by atoms with E-state index in [0.717, 1.165) is 6.07 Å². The van der Waals surface area contributed by atoms with Gasteiger partial charge in [-0.2, -0.15) is 0 Å². The summed E-state index contributed by atoms with van der Waals surface area (Å²) >= 11 is 0. The molecule has 0 bridgehead atoms. The number of fused-ring (bicyclic) bond motifs is 1. The Morgan fingerprint density at radius 3 is 2.48 bits per heavy atom. The van der Waals surface area contributed by atoms with E-state index in [0.29, 0.717) is 16.6 Å². The minimum Gasteiger partial charge on any atom is -0.506 e. The zero-order valence-corrected chi connectivity index (χ0v) is 16.3. The van der Waals surface area contributed by atoms with E-state index in [2.05, 4.69) is 9.97 Å². The van der Waals surface area contributed by atoms with Crippen LogP contribution in [-0.2, 0) is 0 Å². The molecule has 31 heavy (non-hydrogen) atoms. The van der Waals surface area contributed by atoms with Gasteiger partial charge in [0.2, 0.25) is 5.78 Å². The van der Waals surface area contributed by atoms with Gasteiger partial charge in [-0.3, -0.25) is 4.79 Å². The Kier molecular flexibility index (Phi) is 5.62. The topological polar surface area (TPSA) is 106 Å². The molecule has 0 radical (unpaired) electrons. The predicted molar refractivity (Wildman–Crippen MR) is 115 cm³/mol. The Bertz CT molecular complexity index is 1260. The summed E-state index contributed by atoms with van der Waals surface area (Å²) in [6.07, 6.45) is -1.14. The number of carbonyl (C=O) groups is 1. The Morgan fingerprint density at radius 1 is 1.00 bits per heavy atom. The van der Waals surface area contributed by atoms with Crippen molar-refractivity contribution in [1.29, 1.82) is 0 Å². The van der Waals surface area contributed by atoms with E-state index in [1.165, 1.54) is 24.3 Å². The van der Waals surface area contributed by atoms with E-state index >= 15 is 0 Å². The smallest absolute Gasteiger partial charge is 0.200 e. The molecule has 3 aromatic carbocycles. The monoisotopic (exact) mass is 418 g/mol. The lowest BCUT2D eigenvalue weighted by Gasteiger charge is -2.12. The van der Waals surface area contributed by atoms with Crippen molar-refractivity contribution in [2.24, 2.45) is 0 Å². The standard InChI is InChI=1S/C24H19FN2O4/c25-17-8-4-7-16(12-17)23(31)21(24-26-18-9-1-2-10-19(18)27-24)22(30)15-6-3-5-14(11-15)20(29)13-28/h1-12,20,28-30H,13H2,(H,26,27)/b22-21+/t20-/m0/s1.